The Bertz CT molecular complexity index is 1080. The number of allylic oxidation sites excluding steroid dienone is 1. The van der Waals surface area contributed by atoms with Crippen molar-refractivity contribution >= 4 is 34.5 Å². The Morgan fingerprint density at radius 3 is 2.81 bits per heavy atom. The summed E-state index contributed by atoms with van der Waals surface area (Å²) in [5, 5.41) is 3.89. The van der Waals surface area contributed by atoms with Gasteiger partial charge in [0, 0.05) is 34.6 Å². The van der Waals surface area contributed by atoms with Gasteiger partial charge >= 0.3 is 0 Å². The Morgan fingerprint density at radius 2 is 2.04 bits per heavy atom. The molecule has 128 valence electrons. The standard InChI is InChI=1S/C19H14N4O3/c20-18(25)11-3-5-13(6-4-11)23-17-9-15(24)16(26-17)8-12-10-22-19-14(12)2-1-7-21-19/h1-10,23H,(H2,20,25)(H,21,22)/b16-8-. The van der Waals surface area contributed by atoms with Crippen LogP contribution in [0.15, 0.2) is 66.5 Å². The van der Waals surface area contributed by atoms with Gasteiger partial charge in [-0.1, -0.05) is 0 Å². The molecule has 4 rings (SSSR count). The number of benzene rings is 1. The molecule has 0 spiro atoms. The fourth-order valence-corrected chi connectivity index (χ4v) is 2.65. The number of nitrogens with zero attached hydrogens (tertiary/aromatic N) is 1. The first-order chi connectivity index (χ1) is 12.6. The van der Waals surface area contributed by atoms with Gasteiger partial charge in [0.05, 0.1) is 6.08 Å². The number of nitrogens with two attached hydrogens (primary N) is 1. The van der Waals surface area contributed by atoms with E-state index in [1.54, 1.807) is 42.7 Å². The van der Waals surface area contributed by atoms with Crippen molar-refractivity contribution < 1.29 is 14.3 Å². The summed E-state index contributed by atoms with van der Waals surface area (Å²) in [6.45, 7) is 0. The molecule has 0 fully saturated rings. The largest absolute Gasteiger partial charge is 0.437 e. The number of ether oxygens (including phenoxy) is 1. The highest BCUT2D eigenvalue weighted by atomic mass is 16.5. The molecule has 0 saturated heterocycles. The Labute approximate surface area is 148 Å². The molecule has 0 unspecified atom stereocenters. The third-order valence-electron chi connectivity index (χ3n) is 3.93. The van der Waals surface area contributed by atoms with Gasteiger partial charge in [-0.15, -0.1) is 0 Å². The second-order valence-corrected chi connectivity index (χ2v) is 5.69. The van der Waals surface area contributed by atoms with Crippen LogP contribution < -0.4 is 11.1 Å². The van der Waals surface area contributed by atoms with Crippen molar-refractivity contribution in [3.63, 3.8) is 0 Å². The SMILES string of the molecule is NC(=O)c1ccc(NC2=CC(=O)/C(=C/c3c[nH]c4ncccc34)O2)cc1. The van der Waals surface area contributed by atoms with Crippen molar-refractivity contribution in [1.29, 1.82) is 0 Å². The minimum absolute atomic E-state index is 0.214. The maximum atomic E-state index is 12.2. The van der Waals surface area contributed by atoms with Crippen molar-refractivity contribution in [2.24, 2.45) is 5.73 Å². The van der Waals surface area contributed by atoms with Gasteiger partial charge in [0.2, 0.25) is 17.6 Å². The van der Waals surface area contributed by atoms with Gasteiger partial charge in [-0.2, -0.15) is 0 Å². The smallest absolute Gasteiger partial charge is 0.248 e. The van der Waals surface area contributed by atoms with Crippen LogP contribution in [0.5, 0.6) is 0 Å². The molecule has 26 heavy (non-hydrogen) atoms. The van der Waals surface area contributed by atoms with Crippen LogP contribution in [0, 0.1) is 0 Å². The number of primary amides is 1. The summed E-state index contributed by atoms with van der Waals surface area (Å²) in [4.78, 5) is 30.5. The monoisotopic (exact) mass is 346 g/mol. The molecule has 0 atom stereocenters. The van der Waals surface area contributed by atoms with Crippen LogP contribution in [0.25, 0.3) is 17.1 Å². The minimum atomic E-state index is -0.499. The minimum Gasteiger partial charge on any atom is -0.437 e. The third kappa shape index (κ3) is 2.93. The normalized spacial score (nSPS) is 15.2. The number of rotatable bonds is 4. The number of carbonyl (C=O) groups excluding carboxylic acids is 2. The number of hydrogen-bond acceptors (Lipinski definition) is 5. The first kappa shape index (κ1) is 15.6. The number of nitrogens with one attached hydrogen (secondary N) is 2. The summed E-state index contributed by atoms with van der Waals surface area (Å²) >= 11 is 0. The lowest BCUT2D eigenvalue weighted by Crippen LogP contribution is -2.10. The molecule has 0 bridgehead atoms. The fraction of sp³-hybridized carbons (Fsp3) is 0. The lowest BCUT2D eigenvalue weighted by molar-refractivity contribution is -0.112. The zero-order chi connectivity index (χ0) is 18.1. The number of carbonyl (C=O) groups is 2. The predicted octanol–water partition coefficient (Wildman–Crippen LogP) is 2.56. The topological polar surface area (TPSA) is 110 Å². The van der Waals surface area contributed by atoms with Crippen molar-refractivity contribution in [3.05, 3.63) is 77.6 Å². The van der Waals surface area contributed by atoms with E-state index in [-0.39, 0.29) is 11.5 Å². The zero-order valence-electron chi connectivity index (χ0n) is 13.5. The highest BCUT2D eigenvalue weighted by Gasteiger charge is 2.21. The molecule has 3 aromatic rings. The second-order valence-electron chi connectivity index (χ2n) is 5.69. The highest BCUT2D eigenvalue weighted by molar-refractivity contribution is 6.09. The summed E-state index contributed by atoms with van der Waals surface area (Å²) in [7, 11) is 0. The molecule has 1 amide bonds. The Balaban J connectivity index is 1.52. The number of H-pyrrole nitrogens is 1. The van der Waals surface area contributed by atoms with Crippen molar-refractivity contribution in [2.75, 3.05) is 5.32 Å². The van der Waals surface area contributed by atoms with Gasteiger partial charge in [0.1, 0.15) is 5.65 Å². The van der Waals surface area contributed by atoms with Gasteiger partial charge in [0.15, 0.2) is 5.76 Å². The zero-order valence-corrected chi connectivity index (χ0v) is 13.5. The van der Waals surface area contributed by atoms with E-state index in [9.17, 15) is 9.59 Å². The maximum Gasteiger partial charge on any atom is 0.248 e. The molecular weight excluding hydrogens is 332 g/mol. The van der Waals surface area contributed by atoms with Crippen molar-refractivity contribution in [3.8, 4) is 0 Å². The molecule has 4 N–H and O–H groups in total. The van der Waals surface area contributed by atoms with E-state index in [2.05, 4.69) is 15.3 Å². The van der Waals surface area contributed by atoms with Crippen molar-refractivity contribution in [1.82, 2.24) is 9.97 Å². The number of amides is 1. The van der Waals surface area contributed by atoms with E-state index in [1.165, 1.54) is 6.08 Å². The number of anilines is 1. The van der Waals surface area contributed by atoms with Gasteiger partial charge < -0.3 is 20.8 Å². The van der Waals surface area contributed by atoms with E-state index in [0.29, 0.717) is 17.1 Å². The Morgan fingerprint density at radius 1 is 1.23 bits per heavy atom. The molecule has 0 aliphatic carbocycles. The molecule has 1 aliphatic rings. The first-order valence-electron chi connectivity index (χ1n) is 7.85. The Hall–Kier alpha value is -3.87. The quantitative estimate of drug-likeness (QED) is 0.629. The number of aromatic nitrogens is 2. The van der Waals surface area contributed by atoms with Gasteiger partial charge in [-0.05, 0) is 42.5 Å². The van der Waals surface area contributed by atoms with Crippen LogP contribution >= 0.6 is 0 Å². The fourth-order valence-electron chi connectivity index (χ4n) is 2.65. The number of pyridine rings is 1. The summed E-state index contributed by atoms with van der Waals surface area (Å²) in [6.07, 6.45) is 6.51. The number of aromatic amines is 1. The molecule has 7 heteroatoms. The van der Waals surface area contributed by atoms with Crippen LogP contribution in [0.3, 0.4) is 0 Å². The highest BCUT2D eigenvalue weighted by Crippen LogP contribution is 2.25. The molecular formula is C19H14N4O3. The van der Waals surface area contributed by atoms with Crippen LogP contribution in [0.4, 0.5) is 5.69 Å². The summed E-state index contributed by atoms with van der Waals surface area (Å²) in [5.41, 5.74) is 7.85. The van der Waals surface area contributed by atoms with Gasteiger partial charge in [-0.3, -0.25) is 9.59 Å². The molecule has 1 aliphatic heterocycles. The summed E-state index contributed by atoms with van der Waals surface area (Å²) in [6, 6.07) is 10.3. The average Bonchev–Trinajstić information content (AvgIpc) is 3.20. The maximum absolute atomic E-state index is 12.2. The van der Waals surface area contributed by atoms with E-state index in [1.807, 2.05) is 12.1 Å². The van der Waals surface area contributed by atoms with E-state index < -0.39 is 5.91 Å². The third-order valence-corrected chi connectivity index (χ3v) is 3.93. The summed E-state index contributed by atoms with van der Waals surface area (Å²) < 4.78 is 5.61. The molecule has 0 saturated carbocycles. The van der Waals surface area contributed by atoms with Gasteiger partial charge in [0.25, 0.3) is 0 Å². The lowest BCUT2D eigenvalue weighted by Gasteiger charge is -2.08. The molecule has 2 aromatic heterocycles. The van der Waals surface area contributed by atoms with Crippen LogP contribution in [0.1, 0.15) is 15.9 Å². The first-order valence-corrected chi connectivity index (χ1v) is 7.85. The molecule has 0 radical (unpaired) electrons. The van der Waals surface area contributed by atoms with E-state index >= 15 is 0 Å². The number of fused-ring (bicyclic) bond motifs is 1. The average molecular weight is 346 g/mol. The van der Waals surface area contributed by atoms with Gasteiger partial charge in [-0.25, -0.2) is 4.98 Å². The van der Waals surface area contributed by atoms with E-state index in [0.717, 1.165) is 16.6 Å². The number of ketones is 1. The molecule has 3 heterocycles. The van der Waals surface area contributed by atoms with E-state index in [4.69, 9.17) is 10.5 Å². The van der Waals surface area contributed by atoms with Crippen LogP contribution in [-0.2, 0) is 9.53 Å². The Kier molecular flexibility index (Phi) is 3.74. The van der Waals surface area contributed by atoms with Crippen molar-refractivity contribution in [2.45, 2.75) is 0 Å². The lowest BCUT2D eigenvalue weighted by atomic mass is 10.2. The number of hydrogen-bond donors (Lipinski definition) is 3. The summed E-state index contributed by atoms with van der Waals surface area (Å²) in [5.74, 6) is -0.210. The molecule has 7 nitrogen and oxygen atoms in total. The van der Waals surface area contributed by atoms with Crippen LogP contribution in [0.2, 0.25) is 0 Å². The van der Waals surface area contributed by atoms with Crippen LogP contribution in [-0.4, -0.2) is 21.7 Å². The molecule has 1 aromatic carbocycles. The second kappa shape index (κ2) is 6.21. The predicted molar refractivity (Wildman–Crippen MR) is 96.8 cm³/mol.